The summed E-state index contributed by atoms with van der Waals surface area (Å²) in [5.41, 5.74) is 0.892. The molecule has 1 atom stereocenters. The standard InChI is InChI=1S/C10H17/c1-5-10(4)8-6-7-9(2)3/h2,6-7,10H,5,8H2,1,3-4H3/b7-6+,9-2?. The smallest absolute Gasteiger partial charge is 0.0322 e. The Hall–Kier alpha value is -0.520. The van der Waals surface area contributed by atoms with E-state index >= 15 is 0 Å². The van der Waals surface area contributed by atoms with E-state index < -0.39 is 0 Å². The van der Waals surface area contributed by atoms with Gasteiger partial charge in [-0.15, -0.1) is 0 Å². The minimum atomic E-state index is 0.788. The van der Waals surface area contributed by atoms with E-state index in [1.165, 1.54) is 6.42 Å². The molecule has 0 fully saturated rings. The first-order chi connectivity index (χ1) is 4.66. The van der Waals surface area contributed by atoms with Crippen molar-refractivity contribution in [3.8, 4) is 0 Å². The Morgan fingerprint density at radius 2 is 2.20 bits per heavy atom. The molecule has 1 radical (unpaired) electrons. The lowest BCUT2D eigenvalue weighted by Crippen LogP contribution is -1.87. The van der Waals surface area contributed by atoms with Crippen LogP contribution in [0.3, 0.4) is 0 Å². The molecule has 0 N–H and O–H groups in total. The van der Waals surface area contributed by atoms with Crippen LogP contribution in [0.2, 0.25) is 0 Å². The summed E-state index contributed by atoms with van der Waals surface area (Å²) < 4.78 is 0. The lowest BCUT2D eigenvalue weighted by Gasteiger charge is -2.01. The minimum Gasteiger partial charge on any atom is -0.0840 e. The van der Waals surface area contributed by atoms with E-state index in [1.807, 2.05) is 13.0 Å². The monoisotopic (exact) mass is 137 g/mol. The number of hydrogen-bond acceptors (Lipinski definition) is 0. The molecule has 0 rings (SSSR count). The third-order valence-electron chi connectivity index (χ3n) is 1.62. The summed E-state index contributed by atoms with van der Waals surface area (Å²) in [7, 11) is 0. The summed E-state index contributed by atoms with van der Waals surface area (Å²) in [5.74, 6) is 0.788. The molecule has 0 aliphatic heterocycles. The van der Waals surface area contributed by atoms with Gasteiger partial charge in [-0.1, -0.05) is 44.6 Å². The predicted molar refractivity (Wildman–Crippen MR) is 46.7 cm³/mol. The van der Waals surface area contributed by atoms with Gasteiger partial charge in [0.05, 0.1) is 0 Å². The molecule has 0 aromatic rings. The highest BCUT2D eigenvalue weighted by atomic mass is 14.0. The maximum Gasteiger partial charge on any atom is -0.0322 e. The Bertz CT molecular complexity index is 120. The summed E-state index contributed by atoms with van der Waals surface area (Å²) in [4.78, 5) is 0. The average Bonchev–Trinajstić information content (AvgIpc) is 1.87. The highest BCUT2D eigenvalue weighted by molar-refractivity contribution is 5.08. The van der Waals surface area contributed by atoms with E-state index in [9.17, 15) is 0 Å². The summed E-state index contributed by atoms with van der Waals surface area (Å²) in [6.07, 6.45) is 6.51. The maximum absolute atomic E-state index is 5.45. The third-order valence-corrected chi connectivity index (χ3v) is 1.62. The van der Waals surface area contributed by atoms with Crippen molar-refractivity contribution in [2.45, 2.75) is 33.6 Å². The fraction of sp³-hybridized carbons (Fsp3) is 0.600. The first-order valence-electron chi connectivity index (χ1n) is 3.92. The van der Waals surface area contributed by atoms with Gasteiger partial charge in [0.15, 0.2) is 0 Å². The molecule has 0 bridgehead atoms. The van der Waals surface area contributed by atoms with E-state index in [0.29, 0.717) is 0 Å². The number of rotatable bonds is 4. The van der Waals surface area contributed by atoms with Crippen LogP contribution in [0.25, 0.3) is 0 Å². The Kier molecular flexibility index (Phi) is 5.00. The van der Waals surface area contributed by atoms with Gasteiger partial charge in [-0.05, 0) is 19.3 Å². The molecule has 0 saturated heterocycles. The second-order valence-corrected chi connectivity index (χ2v) is 2.90. The molecule has 0 aliphatic rings. The molecule has 1 unspecified atom stereocenters. The minimum absolute atomic E-state index is 0.788. The zero-order valence-electron chi connectivity index (χ0n) is 7.22. The Morgan fingerprint density at radius 1 is 1.60 bits per heavy atom. The third kappa shape index (κ3) is 5.61. The van der Waals surface area contributed by atoms with Crippen LogP contribution in [0.1, 0.15) is 33.6 Å². The fourth-order valence-corrected chi connectivity index (χ4v) is 0.653. The maximum atomic E-state index is 5.45. The molecular weight excluding hydrogens is 120 g/mol. The average molecular weight is 137 g/mol. The molecule has 0 nitrogen and oxygen atoms in total. The van der Waals surface area contributed by atoms with Gasteiger partial charge in [-0.3, -0.25) is 0 Å². The van der Waals surface area contributed by atoms with Crippen LogP contribution in [-0.4, -0.2) is 0 Å². The van der Waals surface area contributed by atoms with Gasteiger partial charge in [0.2, 0.25) is 0 Å². The molecule has 0 aromatic heterocycles. The number of allylic oxidation sites excluding steroid dienone is 3. The van der Waals surface area contributed by atoms with Crippen molar-refractivity contribution >= 4 is 0 Å². The van der Waals surface area contributed by atoms with Crippen molar-refractivity contribution in [1.29, 1.82) is 0 Å². The van der Waals surface area contributed by atoms with Crippen LogP contribution in [0.15, 0.2) is 17.7 Å². The van der Waals surface area contributed by atoms with Gasteiger partial charge in [0.25, 0.3) is 0 Å². The largest absolute Gasteiger partial charge is 0.0840 e. The van der Waals surface area contributed by atoms with Crippen molar-refractivity contribution in [1.82, 2.24) is 0 Å². The molecule has 0 aromatic carbocycles. The normalized spacial score (nSPS) is 13.9. The van der Waals surface area contributed by atoms with E-state index in [-0.39, 0.29) is 0 Å². The van der Waals surface area contributed by atoms with Crippen molar-refractivity contribution in [3.63, 3.8) is 0 Å². The summed E-state index contributed by atoms with van der Waals surface area (Å²) in [6, 6.07) is 0. The van der Waals surface area contributed by atoms with E-state index in [1.54, 1.807) is 0 Å². The zero-order valence-corrected chi connectivity index (χ0v) is 7.22. The molecule has 0 heteroatoms. The fourth-order valence-electron chi connectivity index (χ4n) is 0.653. The molecular formula is C10H17. The van der Waals surface area contributed by atoms with Crippen molar-refractivity contribution in [3.05, 3.63) is 24.3 Å². The van der Waals surface area contributed by atoms with Crippen molar-refractivity contribution < 1.29 is 0 Å². The molecule has 0 aliphatic carbocycles. The molecule has 0 amide bonds. The van der Waals surface area contributed by atoms with Gasteiger partial charge in [-0.25, -0.2) is 0 Å². The Morgan fingerprint density at radius 3 is 2.60 bits per heavy atom. The van der Waals surface area contributed by atoms with E-state index in [4.69, 9.17) is 6.58 Å². The van der Waals surface area contributed by atoms with Gasteiger partial charge < -0.3 is 0 Å². The second kappa shape index (κ2) is 5.28. The highest BCUT2D eigenvalue weighted by Gasteiger charge is 1.92. The quantitative estimate of drug-likeness (QED) is 0.521. The van der Waals surface area contributed by atoms with Crippen LogP contribution in [0, 0.1) is 12.5 Å². The molecule has 57 valence electrons. The first-order valence-corrected chi connectivity index (χ1v) is 3.92. The van der Waals surface area contributed by atoms with Crippen molar-refractivity contribution in [2.75, 3.05) is 0 Å². The SMILES string of the molecule is [CH]=C(C)/C=C/CC(C)CC. The van der Waals surface area contributed by atoms with Gasteiger partial charge in [0, 0.05) is 0 Å². The van der Waals surface area contributed by atoms with Gasteiger partial charge >= 0.3 is 0 Å². The first kappa shape index (κ1) is 9.48. The van der Waals surface area contributed by atoms with Crippen LogP contribution in [0.5, 0.6) is 0 Å². The second-order valence-electron chi connectivity index (χ2n) is 2.90. The van der Waals surface area contributed by atoms with Gasteiger partial charge in [0.1, 0.15) is 0 Å². The van der Waals surface area contributed by atoms with Gasteiger partial charge in [-0.2, -0.15) is 0 Å². The van der Waals surface area contributed by atoms with E-state index in [2.05, 4.69) is 19.9 Å². The summed E-state index contributed by atoms with van der Waals surface area (Å²) in [6.45, 7) is 11.8. The summed E-state index contributed by atoms with van der Waals surface area (Å²) in [5, 5.41) is 0. The molecule has 0 heterocycles. The number of hydrogen-bond donors (Lipinski definition) is 0. The van der Waals surface area contributed by atoms with Crippen LogP contribution >= 0.6 is 0 Å². The Balaban J connectivity index is 3.43. The molecule has 0 saturated carbocycles. The predicted octanol–water partition coefficient (Wildman–Crippen LogP) is 3.36. The lowest BCUT2D eigenvalue weighted by atomic mass is 10.0. The van der Waals surface area contributed by atoms with Crippen LogP contribution in [-0.2, 0) is 0 Å². The van der Waals surface area contributed by atoms with E-state index in [0.717, 1.165) is 17.9 Å². The summed E-state index contributed by atoms with van der Waals surface area (Å²) >= 11 is 0. The zero-order chi connectivity index (χ0) is 7.98. The lowest BCUT2D eigenvalue weighted by molar-refractivity contribution is 0.572. The van der Waals surface area contributed by atoms with Crippen LogP contribution < -0.4 is 0 Å². The highest BCUT2D eigenvalue weighted by Crippen LogP contribution is 2.07. The molecule has 0 spiro atoms. The molecule has 10 heavy (non-hydrogen) atoms. The van der Waals surface area contributed by atoms with Crippen LogP contribution in [0.4, 0.5) is 0 Å². The van der Waals surface area contributed by atoms with Crippen molar-refractivity contribution in [2.24, 2.45) is 5.92 Å². The topological polar surface area (TPSA) is 0 Å². The Labute approximate surface area is 64.6 Å².